The summed E-state index contributed by atoms with van der Waals surface area (Å²) < 4.78 is 19.9. The van der Waals surface area contributed by atoms with E-state index in [1.807, 2.05) is 19.9 Å². The first kappa shape index (κ1) is 26.0. The largest absolute Gasteiger partial charge is 0.469 e. The molecule has 0 aromatic carbocycles. The summed E-state index contributed by atoms with van der Waals surface area (Å²) in [5.41, 5.74) is 0.739. The minimum absolute atomic E-state index is 0.0110. The van der Waals surface area contributed by atoms with Gasteiger partial charge in [0.2, 0.25) is 5.91 Å². The molecule has 0 spiro atoms. The van der Waals surface area contributed by atoms with Crippen molar-refractivity contribution in [3.05, 3.63) is 11.6 Å². The highest BCUT2D eigenvalue weighted by molar-refractivity contribution is 6.90. The molecule has 0 atom stereocenters. The number of carbonyl (C=O) groups is 1. The first-order valence-corrected chi connectivity index (χ1v) is 21.7. The summed E-state index contributed by atoms with van der Waals surface area (Å²) in [6.07, 6.45) is 2.62. The van der Waals surface area contributed by atoms with Crippen LogP contribution in [0.3, 0.4) is 0 Å². The van der Waals surface area contributed by atoms with Gasteiger partial charge in [0, 0.05) is 18.2 Å². The Morgan fingerprint density at radius 1 is 0.846 bits per heavy atom. The predicted molar refractivity (Wildman–Crippen MR) is 121 cm³/mol. The summed E-state index contributed by atoms with van der Waals surface area (Å²) in [6.45, 7) is 24.0. The van der Waals surface area contributed by atoms with E-state index in [-0.39, 0.29) is 5.91 Å². The Labute approximate surface area is 165 Å². The summed E-state index contributed by atoms with van der Waals surface area (Å²) in [7, 11) is -8.30. The Bertz CT molecular complexity index is 450. The Morgan fingerprint density at radius 3 is 1.54 bits per heavy atom. The van der Waals surface area contributed by atoms with Crippen LogP contribution < -0.4 is 5.32 Å². The maximum Gasteiger partial charge on any atom is 0.469 e. The third kappa shape index (κ3) is 12.4. The topological polar surface area (TPSA) is 56.8 Å². The lowest BCUT2D eigenvalue weighted by molar-refractivity contribution is -0.117. The molecule has 0 rings (SSSR count). The van der Waals surface area contributed by atoms with Crippen molar-refractivity contribution in [2.24, 2.45) is 0 Å². The first-order valence-electron chi connectivity index (χ1n) is 9.50. The number of hydrogen-bond acceptors (Lipinski definition) is 4. The highest BCUT2D eigenvalue weighted by Crippen LogP contribution is 2.29. The second-order valence-electron chi connectivity index (χ2n) is 9.66. The molecule has 1 N–H and O–H groups in total. The lowest BCUT2D eigenvalue weighted by Crippen LogP contribution is -2.60. The maximum absolute atomic E-state index is 11.9. The van der Waals surface area contributed by atoms with Gasteiger partial charge in [-0.25, -0.2) is 0 Å². The lowest BCUT2D eigenvalue weighted by atomic mass is 10.3. The molecule has 0 aliphatic carbocycles. The van der Waals surface area contributed by atoms with Crippen LogP contribution in [0.15, 0.2) is 11.6 Å². The van der Waals surface area contributed by atoms with Gasteiger partial charge in [-0.2, -0.15) is 0 Å². The van der Waals surface area contributed by atoms with Crippen LogP contribution in [0.25, 0.3) is 0 Å². The van der Waals surface area contributed by atoms with Crippen molar-refractivity contribution >= 4 is 39.7 Å². The molecule has 154 valence electrons. The van der Waals surface area contributed by atoms with Gasteiger partial charge in [0.25, 0.3) is 0 Å². The van der Waals surface area contributed by atoms with E-state index in [4.69, 9.17) is 12.3 Å². The average molecular weight is 436 g/mol. The molecule has 0 unspecified atom stereocenters. The van der Waals surface area contributed by atoms with E-state index in [2.05, 4.69) is 64.2 Å². The fourth-order valence-corrected chi connectivity index (χ4v) is 17.0. The number of carbonyl (C=O) groups excluding carboxylic acids is 1. The number of hydrogen-bond donors (Lipinski definition) is 1. The number of amides is 1. The van der Waals surface area contributed by atoms with E-state index < -0.39 is 33.8 Å². The summed E-state index contributed by atoms with van der Waals surface area (Å²) in [6, 6.07) is 0.751. The molecule has 0 saturated carbocycles. The third-order valence-electron chi connectivity index (χ3n) is 3.12. The van der Waals surface area contributed by atoms with Crippen LogP contribution >= 0.6 is 0 Å². The van der Waals surface area contributed by atoms with Gasteiger partial charge in [-0.05, 0) is 79.2 Å². The van der Waals surface area contributed by atoms with E-state index in [9.17, 15) is 4.79 Å². The number of rotatable bonds is 11. The molecule has 1 amide bonds. The number of allylic oxidation sites excluding steroid dienone is 1. The highest BCUT2D eigenvalue weighted by Gasteiger charge is 2.49. The van der Waals surface area contributed by atoms with Crippen molar-refractivity contribution < 1.29 is 17.1 Å². The first-order chi connectivity index (χ1) is 11.5. The van der Waals surface area contributed by atoms with E-state index in [1.165, 1.54) is 0 Å². The van der Waals surface area contributed by atoms with Crippen molar-refractivity contribution in [1.29, 1.82) is 0 Å². The van der Waals surface area contributed by atoms with E-state index in [0.29, 0.717) is 6.54 Å². The molecular weight excluding hydrogens is 395 g/mol. The van der Waals surface area contributed by atoms with Crippen molar-refractivity contribution in [3.8, 4) is 0 Å². The summed E-state index contributed by atoms with van der Waals surface area (Å²) in [5.74, 6) is -0.0110. The smallest absolute Gasteiger partial charge is 0.417 e. The van der Waals surface area contributed by atoms with Gasteiger partial charge in [-0.3, -0.25) is 4.79 Å². The second-order valence-corrected chi connectivity index (χ2v) is 26.6. The Balaban J connectivity index is 5.29. The molecule has 9 heteroatoms. The summed E-state index contributed by atoms with van der Waals surface area (Å²) >= 11 is 0. The molecule has 0 saturated heterocycles. The van der Waals surface area contributed by atoms with E-state index >= 15 is 0 Å². The highest BCUT2D eigenvalue weighted by atomic mass is 28.5. The molecule has 0 heterocycles. The van der Waals surface area contributed by atoms with Crippen molar-refractivity contribution in [2.75, 3.05) is 6.54 Å². The average Bonchev–Trinajstić information content (AvgIpc) is 2.36. The fraction of sp³-hybridized carbons (Fsp3) is 0.824. The molecular formula is C17H41NO4Si4. The summed E-state index contributed by atoms with van der Waals surface area (Å²) in [5, 5.41) is 2.98. The van der Waals surface area contributed by atoms with Gasteiger partial charge in [0.1, 0.15) is 0 Å². The lowest BCUT2D eigenvalue weighted by Gasteiger charge is -2.43. The quantitative estimate of drug-likeness (QED) is 0.283. The van der Waals surface area contributed by atoms with Gasteiger partial charge >= 0.3 is 8.80 Å². The minimum Gasteiger partial charge on any atom is -0.417 e. The molecule has 0 radical (unpaired) electrons. The summed E-state index contributed by atoms with van der Waals surface area (Å²) in [4.78, 5) is 11.9. The molecule has 0 aromatic rings. The van der Waals surface area contributed by atoms with Gasteiger partial charge < -0.3 is 17.7 Å². The molecule has 5 nitrogen and oxygen atoms in total. The van der Waals surface area contributed by atoms with Gasteiger partial charge in [0.05, 0.1) is 0 Å². The predicted octanol–water partition coefficient (Wildman–Crippen LogP) is 4.95. The van der Waals surface area contributed by atoms with Gasteiger partial charge in [-0.15, -0.1) is 0 Å². The Hall–Kier alpha value is -0.0425. The van der Waals surface area contributed by atoms with Crippen LogP contribution in [0.5, 0.6) is 0 Å². The number of nitrogens with one attached hydrogen (secondary N) is 1. The van der Waals surface area contributed by atoms with Crippen LogP contribution in [0.4, 0.5) is 0 Å². The normalized spacial score (nSPS) is 14.5. The van der Waals surface area contributed by atoms with Gasteiger partial charge in [0.15, 0.2) is 25.0 Å². The molecule has 0 aliphatic heterocycles. The van der Waals surface area contributed by atoms with Crippen LogP contribution in [-0.4, -0.2) is 46.2 Å². The van der Waals surface area contributed by atoms with E-state index in [0.717, 1.165) is 18.0 Å². The fourth-order valence-electron chi connectivity index (χ4n) is 2.39. The van der Waals surface area contributed by atoms with Crippen LogP contribution in [-0.2, 0) is 17.1 Å². The SMILES string of the molecule is CC=C(C)C(=O)NCCC[Si](O[Si](C)(C)C)(O[Si](C)(C)C)O[Si](C)(C)C. The zero-order chi connectivity index (χ0) is 20.8. The van der Waals surface area contributed by atoms with Crippen molar-refractivity contribution in [1.82, 2.24) is 5.32 Å². The van der Waals surface area contributed by atoms with E-state index in [1.54, 1.807) is 0 Å². The molecule has 26 heavy (non-hydrogen) atoms. The zero-order valence-corrected chi connectivity index (χ0v) is 22.8. The standard InChI is InChI=1S/C17H41NO4Si4/c1-12-16(2)17(19)18-14-13-15-26(20-23(3,4)5,21-24(6,7)8)22-25(9,10)11/h12H,13-15H2,1-11H3,(H,18,19). The zero-order valence-electron chi connectivity index (χ0n) is 18.8. The minimum atomic E-state index is -2.79. The monoisotopic (exact) mass is 435 g/mol. The molecule has 0 bridgehead atoms. The van der Waals surface area contributed by atoms with Crippen LogP contribution in [0.2, 0.25) is 65.0 Å². The van der Waals surface area contributed by atoms with Crippen LogP contribution in [0.1, 0.15) is 20.3 Å². The van der Waals surface area contributed by atoms with Crippen LogP contribution in [0, 0.1) is 0 Å². The second kappa shape index (κ2) is 9.94. The molecule has 0 fully saturated rings. The van der Waals surface area contributed by atoms with Crippen molar-refractivity contribution in [3.63, 3.8) is 0 Å². The Kier molecular flexibility index (Phi) is 9.93. The maximum atomic E-state index is 11.9. The molecule has 0 aliphatic rings. The van der Waals surface area contributed by atoms with Gasteiger partial charge in [-0.1, -0.05) is 6.08 Å². The third-order valence-corrected chi connectivity index (χ3v) is 15.2. The molecule has 0 aromatic heterocycles. The Morgan fingerprint density at radius 2 is 1.23 bits per heavy atom. The van der Waals surface area contributed by atoms with Crippen molar-refractivity contribution in [2.45, 2.75) is 85.2 Å².